The number of likely N-dealkylation sites (tertiary alicyclic amines) is 1. The van der Waals surface area contributed by atoms with E-state index < -0.39 is 0 Å². The summed E-state index contributed by atoms with van der Waals surface area (Å²) in [5.74, 6) is 1.12. The fraction of sp³-hybridized carbons (Fsp3) is 0.444. The number of likely N-dealkylation sites (N-methyl/N-ethyl adjacent to an activating group) is 1. The van der Waals surface area contributed by atoms with Crippen molar-refractivity contribution in [3.8, 4) is 22.6 Å². The number of allylic oxidation sites excluding steroid dienone is 1. The van der Waals surface area contributed by atoms with Crippen molar-refractivity contribution in [3.05, 3.63) is 36.3 Å². The molecule has 0 spiro atoms. The van der Waals surface area contributed by atoms with Gasteiger partial charge in [0.2, 0.25) is 0 Å². The Morgan fingerprint density at radius 1 is 1.14 bits per heavy atom. The summed E-state index contributed by atoms with van der Waals surface area (Å²) >= 11 is 0. The van der Waals surface area contributed by atoms with Crippen LogP contribution in [0.15, 0.2) is 41.3 Å². The van der Waals surface area contributed by atoms with Gasteiger partial charge in [-0.2, -0.15) is 5.10 Å². The molecular formula is C27H35N7O2. The lowest BCUT2D eigenvalue weighted by molar-refractivity contribution is 0.0759. The zero-order chi connectivity index (χ0) is 25.2. The number of aromatic nitrogens is 3. The molecular weight excluding hydrogens is 454 g/mol. The van der Waals surface area contributed by atoms with E-state index in [0.717, 1.165) is 35.3 Å². The third-order valence-corrected chi connectivity index (χ3v) is 7.58. The topological polar surface area (TPSA) is 82.2 Å². The van der Waals surface area contributed by atoms with Gasteiger partial charge in [0.1, 0.15) is 0 Å². The second-order valence-electron chi connectivity index (χ2n) is 9.71. The molecule has 0 bridgehead atoms. The van der Waals surface area contributed by atoms with Crippen molar-refractivity contribution in [2.75, 3.05) is 53.4 Å². The zero-order valence-electron chi connectivity index (χ0n) is 21.4. The first-order valence-corrected chi connectivity index (χ1v) is 12.5. The quantitative estimate of drug-likeness (QED) is 0.529. The average Bonchev–Trinajstić information content (AvgIpc) is 3.30. The molecule has 9 nitrogen and oxygen atoms in total. The summed E-state index contributed by atoms with van der Waals surface area (Å²) in [5, 5.41) is 15.6. The molecule has 0 radical (unpaired) electrons. The minimum Gasteiger partial charge on any atom is -0.504 e. The molecule has 36 heavy (non-hydrogen) atoms. The smallest absolute Gasteiger partial charge is 0.162 e. The number of rotatable bonds is 6. The van der Waals surface area contributed by atoms with Crippen LogP contribution in [0.25, 0.3) is 28.2 Å². The van der Waals surface area contributed by atoms with Crippen LogP contribution in [0.2, 0.25) is 0 Å². The van der Waals surface area contributed by atoms with E-state index in [4.69, 9.17) is 4.74 Å². The molecule has 9 heteroatoms. The molecule has 1 N–H and O–H groups in total. The fourth-order valence-corrected chi connectivity index (χ4v) is 5.39. The Balaban J connectivity index is 1.36. The van der Waals surface area contributed by atoms with Crippen LogP contribution in [-0.4, -0.2) is 101 Å². The predicted octanol–water partition coefficient (Wildman–Crippen LogP) is 3.67. The number of ether oxygens (including phenoxy) is 1. The molecule has 0 saturated carbocycles. The van der Waals surface area contributed by atoms with E-state index in [9.17, 15) is 5.11 Å². The second-order valence-corrected chi connectivity index (χ2v) is 9.71. The van der Waals surface area contributed by atoms with Gasteiger partial charge < -0.3 is 19.6 Å². The van der Waals surface area contributed by atoms with Crippen molar-refractivity contribution >= 4 is 29.6 Å². The minimum atomic E-state index is 0.0577. The molecule has 2 aliphatic rings. The Hall–Kier alpha value is -3.43. The maximum atomic E-state index is 10.2. The van der Waals surface area contributed by atoms with Gasteiger partial charge in [-0.25, -0.2) is 9.67 Å². The van der Waals surface area contributed by atoms with E-state index in [1.807, 2.05) is 18.5 Å². The molecule has 3 aromatic rings. The number of piperazine rings is 1. The highest BCUT2D eigenvalue weighted by Gasteiger charge is 2.27. The van der Waals surface area contributed by atoms with Gasteiger partial charge in [-0.3, -0.25) is 9.88 Å². The standard InChI is InChI=1S/C27H35N7O2/c1-19(32-9-6-20(7-10-32)33-13-11-31(3)12-14-33)18-34-27(28-2)23(17-30-34)21-5-8-29-24-16-25(35)26(36-4)15-22(21)24/h5,8,15-18,20,35H,2,6-7,9-14H2,1,3-4H3/b19-18+. The van der Waals surface area contributed by atoms with Gasteiger partial charge in [0, 0.05) is 80.4 Å². The van der Waals surface area contributed by atoms with Crippen molar-refractivity contribution in [2.24, 2.45) is 4.99 Å². The molecule has 1 aromatic carbocycles. The van der Waals surface area contributed by atoms with Gasteiger partial charge in [-0.15, -0.1) is 0 Å². The lowest BCUT2D eigenvalue weighted by Crippen LogP contribution is -2.52. The van der Waals surface area contributed by atoms with Gasteiger partial charge in [0.25, 0.3) is 0 Å². The predicted molar refractivity (Wildman–Crippen MR) is 144 cm³/mol. The summed E-state index contributed by atoms with van der Waals surface area (Å²) in [6, 6.07) is 6.01. The van der Waals surface area contributed by atoms with Crippen molar-refractivity contribution < 1.29 is 9.84 Å². The highest BCUT2D eigenvalue weighted by molar-refractivity contribution is 5.98. The zero-order valence-corrected chi connectivity index (χ0v) is 21.4. The normalized spacial score (nSPS) is 18.6. The molecule has 2 saturated heterocycles. The van der Waals surface area contributed by atoms with E-state index >= 15 is 0 Å². The van der Waals surface area contributed by atoms with Crippen molar-refractivity contribution in [1.82, 2.24) is 29.5 Å². The van der Waals surface area contributed by atoms with E-state index in [-0.39, 0.29) is 5.75 Å². The number of phenols is 1. The summed E-state index contributed by atoms with van der Waals surface area (Å²) in [6.45, 7) is 12.7. The summed E-state index contributed by atoms with van der Waals surface area (Å²) in [4.78, 5) is 16.3. The number of aromatic hydroxyl groups is 1. The molecule has 0 unspecified atom stereocenters. The van der Waals surface area contributed by atoms with Crippen LogP contribution >= 0.6 is 0 Å². The number of methoxy groups -OCH3 is 1. The number of piperidine rings is 1. The van der Waals surface area contributed by atoms with Crippen LogP contribution in [0, 0.1) is 0 Å². The maximum absolute atomic E-state index is 10.2. The first-order chi connectivity index (χ1) is 17.5. The first-order valence-electron chi connectivity index (χ1n) is 12.5. The maximum Gasteiger partial charge on any atom is 0.162 e. The molecule has 2 aliphatic heterocycles. The summed E-state index contributed by atoms with van der Waals surface area (Å²) < 4.78 is 7.12. The van der Waals surface area contributed by atoms with Crippen molar-refractivity contribution in [3.63, 3.8) is 0 Å². The largest absolute Gasteiger partial charge is 0.504 e. The molecule has 190 valence electrons. The van der Waals surface area contributed by atoms with E-state index in [2.05, 4.69) is 50.5 Å². The second kappa shape index (κ2) is 10.3. The number of aliphatic imine (C=N–C) groups is 1. The molecule has 2 aromatic heterocycles. The van der Waals surface area contributed by atoms with Crippen molar-refractivity contribution in [2.45, 2.75) is 25.8 Å². The number of benzene rings is 1. The number of pyridine rings is 1. The molecule has 0 aliphatic carbocycles. The molecule has 0 amide bonds. The molecule has 0 atom stereocenters. The summed E-state index contributed by atoms with van der Waals surface area (Å²) in [5.41, 5.74) is 3.59. The third kappa shape index (κ3) is 4.68. The van der Waals surface area contributed by atoms with Crippen LogP contribution < -0.4 is 4.74 Å². The monoisotopic (exact) mass is 489 g/mol. The van der Waals surface area contributed by atoms with Crippen LogP contribution in [0.1, 0.15) is 19.8 Å². The summed E-state index contributed by atoms with van der Waals surface area (Å²) in [6.07, 6.45) is 7.94. The van der Waals surface area contributed by atoms with Crippen LogP contribution in [0.4, 0.5) is 5.82 Å². The Kier molecular flexibility index (Phi) is 6.93. The van der Waals surface area contributed by atoms with E-state index in [0.29, 0.717) is 23.1 Å². The Labute approximate surface area is 212 Å². The highest BCUT2D eigenvalue weighted by atomic mass is 16.5. The molecule has 2 fully saturated rings. The SMILES string of the molecule is C=Nc1c(-c2ccnc3cc(O)c(OC)cc23)cnn1/C=C(\C)N1CCC(N2CCN(C)CC2)CC1. The summed E-state index contributed by atoms with van der Waals surface area (Å²) in [7, 11) is 3.74. The fourth-order valence-electron chi connectivity index (χ4n) is 5.39. The number of fused-ring (bicyclic) bond motifs is 1. The lowest BCUT2D eigenvalue weighted by atomic mass is 10.0. The number of hydrogen-bond acceptors (Lipinski definition) is 8. The van der Waals surface area contributed by atoms with Gasteiger partial charge in [-0.1, -0.05) is 0 Å². The lowest BCUT2D eigenvalue weighted by Gasteiger charge is -2.42. The highest BCUT2D eigenvalue weighted by Crippen LogP contribution is 2.39. The van der Waals surface area contributed by atoms with E-state index in [1.165, 1.54) is 46.1 Å². The van der Waals surface area contributed by atoms with Crippen LogP contribution in [0.5, 0.6) is 11.5 Å². The van der Waals surface area contributed by atoms with Gasteiger partial charge >= 0.3 is 0 Å². The minimum absolute atomic E-state index is 0.0577. The van der Waals surface area contributed by atoms with E-state index in [1.54, 1.807) is 23.0 Å². The molecule has 5 rings (SSSR count). The number of phenolic OH excluding ortho intramolecular Hbond substituents is 1. The van der Waals surface area contributed by atoms with Crippen molar-refractivity contribution in [1.29, 1.82) is 0 Å². The van der Waals surface area contributed by atoms with Gasteiger partial charge in [0.05, 0.1) is 18.8 Å². The van der Waals surface area contributed by atoms with Gasteiger partial charge in [-0.05, 0) is 51.2 Å². The number of hydrogen-bond donors (Lipinski definition) is 1. The molecule has 4 heterocycles. The number of nitrogens with zero attached hydrogens (tertiary/aromatic N) is 7. The average molecular weight is 490 g/mol. The Bertz CT molecular complexity index is 1270. The Morgan fingerprint density at radius 2 is 1.89 bits per heavy atom. The van der Waals surface area contributed by atoms with Crippen LogP contribution in [-0.2, 0) is 0 Å². The third-order valence-electron chi connectivity index (χ3n) is 7.58. The van der Waals surface area contributed by atoms with Crippen LogP contribution in [0.3, 0.4) is 0 Å². The first kappa shape index (κ1) is 24.3. The Morgan fingerprint density at radius 3 is 2.58 bits per heavy atom. The van der Waals surface area contributed by atoms with Gasteiger partial charge in [0.15, 0.2) is 17.3 Å².